The van der Waals surface area contributed by atoms with Crippen molar-refractivity contribution in [1.82, 2.24) is 5.32 Å². The first-order chi connectivity index (χ1) is 7.06. The number of ether oxygens (including phenoxy) is 1. The summed E-state index contributed by atoms with van der Waals surface area (Å²) in [5.74, 6) is -0.0736. The quantitative estimate of drug-likeness (QED) is 0.490. The summed E-state index contributed by atoms with van der Waals surface area (Å²) in [4.78, 5) is 0. The molecule has 3 heteroatoms. The zero-order valence-corrected chi connectivity index (χ0v) is 8.76. The Kier molecular flexibility index (Phi) is 6.72. The van der Waals surface area contributed by atoms with Crippen LogP contribution in [0.15, 0.2) is 61.8 Å². The molecule has 0 heterocycles. The molecule has 0 saturated carbocycles. The van der Waals surface area contributed by atoms with Crippen molar-refractivity contribution < 1.29 is 9.13 Å². The summed E-state index contributed by atoms with van der Waals surface area (Å²) in [6.45, 7) is 14.7. The molecule has 0 aliphatic heterocycles. The summed E-state index contributed by atoms with van der Waals surface area (Å²) in [5.41, 5.74) is 0.769. The minimum absolute atomic E-state index is 0.342. The van der Waals surface area contributed by atoms with Crippen molar-refractivity contribution >= 4 is 0 Å². The summed E-state index contributed by atoms with van der Waals surface area (Å²) >= 11 is 0. The van der Waals surface area contributed by atoms with Crippen LogP contribution in [0.3, 0.4) is 0 Å². The molecule has 1 N–H and O–H groups in total. The Bertz CT molecular complexity index is 292. The Labute approximate surface area is 90.1 Å². The van der Waals surface area contributed by atoms with Crippen LogP contribution in [-0.4, -0.2) is 13.2 Å². The fourth-order valence-corrected chi connectivity index (χ4v) is 0.649. The van der Waals surface area contributed by atoms with E-state index in [0.29, 0.717) is 19.0 Å². The minimum Gasteiger partial charge on any atom is -0.475 e. The molecule has 0 aromatic rings. The number of allylic oxidation sites excluding steroid dienone is 2. The molecule has 0 spiro atoms. The lowest BCUT2D eigenvalue weighted by Gasteiger charge is -2.09. The predicted molar refractivity (Wildman–Crippen MR) is 61.8 cm³/mol. The third-order valence-corrected chi connectivity index (χ3v) is 1.44. The number of hydrogen-bond acceptors (Lipinski definition) is 2. The lowest BCUT2D eigenvalue weighted by Crippen LogP contribution is -2.15. The van der Waals surface area contributed by atoms with E-state index in [2.05, 4.69) is 31.6 Å². The van der Waals surface area contributed by atoms with Gasteiger partial charge in [-0.15, -0.1) is 0 Å². The summed E-state index contributed by atoms with van der Waals surface area (Å²) < 4.78 is 17.3. The van der Waals surface area contributed by atoms with Crippen molar-refractivity contribution in [2.24, 2.45) is 0 Å². The molecule has 0 atom stereocenters. The maximum atomic E-state index is 12.1. The van der Waals surface area contributed by atoms with E-state index in [9.17, 15) is 4.39 Å². The molecule has 0 fully saturated rings. The number of hydrogen-bond donors (Lipinski definition) is 1. The van der Waals surface area contributed by atoms with Gasteiger partial charge in [-0.05, 0) is 18.2 Å². The molecule has 0 amide bonds. The van der Waals surface area contributed by atoms with Crippen molar-refractivity contribution in [2.75, 3.05) is 13.2 Å². The van der Waals surface area contributed by atoms with E-state index < -0.39 is 5.83 Å². The molecule has 82 valence electrons. The van der Waals surface area contributed by atoms with Gasteiger partial charge in [0.15, 0.2) is 5.88 Å². The Morgan fingerprint density at radius 2 is 2.00 bits per heavy atom. The predicted octanol–water partition coefficient (Wildman–Crippen LogP) is 2.85. The highest BCUT2D eigenvalue weighted by Gasteiger charge is 1.92. The lowest BCUT2D eigenvalue weighted by molar-refractivity contribution is 0.222. The average molecular weight is 209 g/mol. The van der Waals surface area contributed by atoms with Crippen LogP contribution in [-0.2, 0) is 4.74 Å². The molecule has 15 heavy (non-hydrogen) atoms. The Balaban J connectivity index is 3.62. The van der Waals surface area contributed by atoms with E-state index in [1.807, 2.05) is 0 Å². The van der Waals surface area contributed by atoms with Crippen molar-refractivity contribution in [3.05, 3.63) is 61.8 Å². The normalized spacial score (nSPS) is 9.67. The van der Waals surface area contributed by atoms with E-state index in [1.54, 1.807) is 12.2 Å². The van der Waals surface area contributed by atoms with Crippen molar-refractivity contribution in [2.45, 2.75) is 0 Å². The zero-order chi connectivity index (χ0) is 11.7. The second-order valence-electron chi connectivity index (χ2n) is 2.80. The van der Waals surface area contributed by atoms with E-state index in [1.165, 1.54) is 6.08 Å². The summed E-state index contributed by atoms with van der Waals surface area (Å²) in [7, 11) is 0. The first-order valence-electron chi connectivity index (χ1n) is 4.43. The van der Waals surface area contributed by atoms with Crippen LogP contribution in [0.4, 0.5) is 4.39 Å². The van der Waals surface area contributed by atoms with Gasteiger partial charge in [0, 0.05) is 6.54 Å². The highest BCUT2D eigenvalue weighted by Crippen LogP contribution is 1.96. The van der Waals surface area contributed by atoms with Crippen LogP contribution in [0, 0.1) is 0 Å². The third kappa shape index (κ3) is 8.56. The first-order valence-corrected chi connectivity index (χ1v) is 4.43. The molecule has 0 aliphatic rings. The molecule has 0 aliphatic carbocycles. The van der Waals surface area contributed by atoms with Crippen LogP contribution < -0.4 is 5.32 Å². The van der Waals surface area contributed by atoms with Crippen LogP contribution in [0.1, 0.15) is 0 Å². The van der Waals surface area contributed by atoms with Gasteiger partial charge in [0.2, 0.25) is 0 Å². The molecular weight excluding hydrogens is 193 g/mol. The van der Waals surface area contributed by atoms with Gasteiger partial charge in [-0.2, -0.15) is 0 Å². The van der Waals surface area contributed by atoms with E-state index in [0.717, 1.165) is 5.57 Å². The lowest BCUT2D eigenvalue weighted by atomic mass is 10.3. The van der Waals surface area contributed by atoms with Crippen LogP contribution in [0.25, 0.3) is 0 Å². The van der Waals surface area contributed by atoms with Gasteiger partial charge >= 0.3 is 0 Å². The molecule has 0 bridgehead atoms. The van der Waals surface area contributed by atoms with Gasteiger partial charge in [0.25, 0.3) is 0 Å². The first kappa shape index (κ1) is 13.2. The van der Waals surface area contributed by atoms with Gasteiger partial charge in [-0.25, -0.2) is 4.39 Å². The number of rotatable bonds is 8. The summed E-state index contributed by atoms with van der Waals surface area (Å²) in [6, 6.07) is 0. The second kappa shape index (κ2) is 7.62. The van der Waals surface area contributed by atoms with E-state index >= 15 is 0 Å². The molecule has 0 saturated heterocycles. The molecular formula is C12H16FNO. The molecule has 0 aromatic carbocycles. The fraction of sp³-hybridized carbons (Fsp3) is 0.167. The molecule has 0 aromatic heterocycles. The topological polar surface area (TPSA) is 21.3 Å². The highest BCUT2D eigenvalue weighted by atomic mass is 19.1. The Hall–Kier alpha value is -1.77. The van der Waals surface area contributed by atoms with E-state index in [-0.39, 0.29) is 0 Å². The van der Waals surface area contributed by atoms with Crippen molar-refractivity contribution in [3.8, 4) is 0 Å². The minimum atomic E-state index is -0.483. The highest BCUT2D eigenvalue weighted by molar-refractivity contribution is 5.11. The number of halogens is 1. The summed E-state index contributed by atoms with van der Waals surface area (Å²) in [5, 5.41) is 2.83. The maximum Gasteiger partial charge on any atom is 0.179 e. The maximum absolute atomic E-state index is 12.1. The average Bonchev–Trinajstić information content (AvgIpc) is 2.20. The standard InChI is InChI=1S/C12H16FNO/c1-5-10(2)9-15-12(4)14-8-6-7-11(3)13/h5-7,14H,1-4,8-9H2/b7-6+. The van der Waals surface area contributed by atoms with Crippen LogP contribution in [0.5, 0.6) is 0 Å². The molecule has 0 rings (SSSR count). The van der Waals surface area contributed by atoms with Crippen LogP contribution >= 0.6 is 0 Å². The number of nitrogens with one attached hydrogen (secondary N) is 1. The SMILES string of the molecule is C=CC(=C)COC(=C)NC/C=C/C(=C)F. The molecule has 2 nitrogen and oxygen atoms in total. The van der Waals surface area contributed by atoms with Gasteiger partial charge in [0.1, 0.15) is 12.4 Å². The molecule has 0 unspecified atom stereocenters. The third-order valence-electron chi connectivity index (χ3n) is 1.44. The van der Waals surface area contributed by atoms with Gasteiger partial charge < -0.3 is 10.1 Å². The monoisotopic (exact) mass is 209 g/mol. The second-order valence-corrected chi connectivity index (χ2v) is 2.80. The molecule has 0 radical (unpaired) electrons. The smallest absolute Gasteiger partial charge is 0.179 e. The van der Waals surface area contributed by atoms with Gasteiger partial charge in [-0.1, -0.05) is 31.9 Å². The Morgan fingerprint density at radius 1 is 1.33 bits per heavy atom. The summed E-state index contributed by atoms with van der Waals surface area (Å²) in [6.07, 6.45) is 4.46. The van der Waals surface area contributed by atoms with Crippen LogP contribution in [0.2, 0.25) is 0 Å². The van der Waals surface area contributed by atoms with E-state index in [4.69, 9.17) is 4.74 Å². The van der Waals surface area contributed by atoms with Crippen molar-refractivity contribution in [1.29, 1.82) is 0 Å². The fourth-order valence-electron chi connectivity index (χ4n) is 0.649. The van der Waals surface area contributed by atoms with Crippen molar-refractivity contribution in [3.63, 3.8) is 0 Å². The zero-order valence-electron chi connectivity index (χ0n) is 8.76. The largest absolute Gasteiger partial charge is 0.475 e. The van der Waals surface area contributed by atoms with Gasteiger partial charge in [0.05, 0.1) is 0 Å². The Morgan fingerprint density at radius 3 is 2.53 bits per heavy atom. The van der Waals surface area contributed by atoms with Gasteiger partial charge in [-0.3, -0.25) is 0 Å².